The number of hydrogen-bond acceptors (Lipinski definition) is 2. The second kappa shape index (κ2) is 7.70. The summed E-state index contributed by atoms with van der Waals surface area (Å²) in [7, 11) is 1.81. The van der Waals surface area contributed by atoms with E-state index in [1.54, 1.807) is 7.11 Å². The molecule has 25 heavy (non-hydrogen) atoms. The molecular formula is C23H35NO. The standard InChI is InChI=1S/C23H35NO/c1-25-22-10-4-3-9-21(22)19-11-16-24(17-12-19)20-8-7-15-23(18-20)13-5-2-6-14-23/h3-4,9-10,19-20H,2,5-8,11-18H2,1H3. The third-order valence-corrected chi connectivity index (χ3v) is 7.45. The summed E-state index contributed by atoms with van der Waals surface area (Å²) in [6.45, 7) is 2.56. The maximum atomic E-state index is 5.60. The summed E-state index contributed by atoms with van der Waals surface area (Å²) in [5, 5.41) is 0. The zero-order valence-corrected chi connectivity index (χ0v) is 16.0. The number of hydrogen-bond donors (Lipinski definition) is 0. The molecule has 1 aromatic carbocycles. The number of methoxy groups -OCH3 is 1. The van der Waals surface area contributed by atoms with E-state index < -0.39 is 0 Å². The highest BCUT2D eigenvalue weighted by Gasteiger charge is 2.39. The van der Waals surface area contributed by atoms with Crippen LogP contribution >= 0.6 is 0 Å². The topological polar surface area (TPSA) is 12.5 Å². The molecule has 0 aromatic heterocycles. The van der Waals surface area contributed by atoms with Crippen molar-refractivity contribution >= 4 is 0 Å². The third kappa shape index (κ3) is 3.74. The molecule has 2 saturated carbocycles. The number of rotatable bonds is 3. The molecule has 0 radical (unpaired) electrons. The van der Waals surface area contributed by atoms with Crippen molar-refractivity contribution < 1.29 is 4.74 Å². The minimum atomic E-state index is 0.680. The van der Waals surface area contributed by atoms with Gasteiger partial charge in [0.2, 0.25) is 0 Å². The molecule has 1 aliphatic heterocycles. The van der Waals surface area contributed by atoms with Gasteiger partial charge in [-0.1, -0.05) is 43.9 Å². The SMILES string of the molecule is COc1ccccc1C1CCN(C2CCCC3(CCCCC3)C2)CC1. The largest absolute Gasteiger partial charge is 0.496 e. The van der Waals surface area contributed by atoms with Gasteiger partial charge in [-0.25, -0.2) is 0 Å². The van der Waals surface area contributed by atoms with Gasteiger partial charge in [0.05, 0.1) is 7.11 Å². The van der Waals surface area contributed by atoms with Crippen LogP contribution in [0.5, 0.6) is 5.75 Å². The average molecular weight is 342 g/mol. The summed E-state index contributed by atoms with van der Waals surface area (Å²) in [6.07, 6.45) is 16.0. The van der Waals surface area contributed by atoms with Crippen LogP contribution in [0.1, 0.15) is 82.1 Å². The molecule has 0 bridgehead atoms. The summed E-state index contributed by atoms with van der Waals surface area (Å²) in [4.78, 5) is 2.85. The average Bonchev–Trinajstić information content (AvgIpc) is 2.69. The first-order valence-electron chi connectivity index (χ1n) is 10.7. The normalized spacial score (nSPS) is 28.1. The molecule has 0 N–H and O–H groups in total. The predicted molar refractivity (Wildman–Crippen MR) is 104 cm³/mol. The first kappa shape index (κ1) is 17.4. The van der Waals surface area contributed by atoms with Crippen LogP contribution in [-0.4, -0.2) is 31.1 Å². The second-order valence-electron chi connectivity index (χ2n) is 8.86. The second-order valence-corrected chi connectivity index (χ2v) is 8.86. The molecule has 1 spiro atoms. The van der Waals surface area contributed by atoms with Gasteiger partial charge in [-0.05, 0) is 81.0 Å². The molecule has 2 heteroatoms. The van der Waals surface area contributed by atoms with Gasteiger partial charge >= 0.3 is 0 Å². The van der Waals surface area contributed by atoms with Gasteiger partial charge < -0.3 is 9.64 Å². The summed E-state index contributed by atoms with van der Waals surface area (Å²) >= 11 is 0. The maximum absolute atomic E-state index is 5.60. The van der Waals surface area contributed by atoms with Gasteiger partial charge in [-0.3, -0.25) is 0 Å². The fraction of sp³-hybridized carbons (Fsp3) is 0.739. The molecular weight excluding hydrogens is 306 g/mol. The number of likely N-dealkylation sites (tertiary alicyclic amines) is 1. The lowest BCUT2D eigenvalue weighted by molar-refractivity contribution is 0.0349. The smallest absolute Gasteiger partial charge is 0.122 e. The minimum Gasteiger partial charge on any atom is -0.496 e. The van der Waals surface area contributed by atoms with Crippen LogP contribution in [0, 0.1) is 5.41 Å². The molecule has 1 unspecified atom stereocenters. The highest BCUT2D eigenvalue weighted by molar-refractivity contribution is 5.36. The first-order valence-corrected chi connectivity index (χ1v) is 10.7. The van der Waals surface area contributed by atoms with Gasteiger partial charge in [-0.2, -0.15) is 0 Å². The zero-order chi connectivity index (χ0) is 17.1. The molecule has 0 amide bonds. The Morgan fingerprint density at radius 1 is 0.920 bits per heavy atom. The molecule has 1 heterocycles. The van der Waals surface area contributed by atoms with Gasteiger partial charge in [0.25, 0.3) is 0 Å². The number of piperidine rings is 1. The van der Waals surface area contributed by atoms with E-state index >= 15 is 0 Å². The highest BCUT2D eigenvalue weighted by atomic mass is 16.5. The first-order chi connectivity index (χ1) is 12.3. The number of benzene rings is 1. The molecule has 4 rings (SSSR count). The fourth-order valence-corrected chi connectivity index (χ4v) is 6.06. The van der Waals surface area contributed by atoms with Crippen LogP contribution in [-0.2, 0) is 0 Å². The Labute approximate surface area is 153 Å². The monoisotopic (exact) mass is 341 g/mol. The van der Waals surface area contributed by atoms with Gasteiger partial charge in [0, 0.05) is 6.04 Å². The van der Waals surface area contributed by atoms with Crippen LogP contribution < -0.4 is 4.74 Å². The molecule has 1 atom stereocenters. The van der Waals surface area contributed by atoms with Crippen molar-refractivity contribution in [3.8, 4) is 5.75 Å². The van der Waals surface area contributed by atoms with Crippen LogP contribution in [0.4, 0.5) is 0 Å². The summed E-state index contributed by atoms with van der Waals surface area (Å²) < 4.78 is 5.60. The Bertz CT molecular complexity index is 549. The number of para-hydroxylation sites is 1. The van der Waals surface area contributed by atoms with Crippen molar-refractivity contribution in [2.24, 2.45) is 5.41 Å². The van der Waals surface area contributed by atoms with Crippen LogP contribution in [0.3, 0.4) is 0 Å². The quantitative estimate of drug-likeness (QED) is 0.692. The summed E-state index contributed by atoms with van der Waals surface area (Å²) in [5.74, 6) is 1.76. The highest BCUT2D eigenvalue weighted by Crippen LogP contribution is 2.49. The maximum Gasteiger partial charge on any atom is 0.122 e. The Morgan fingerprint density at radius 2 is 1.64 bits per heavy atom. The fourth-order valence-electron chi connectivity index (χ4n) is 6.06. The van der Waals surface area contributed by atoms with Crippen molar-refractivity contribution in [1.82, 2.24) is 4.90 Å². The van der Waals surface area contributed by atoms with E-state index in [9.17, 15) is 0 Å². The predicted octanol–water partition coefficient (Wildman–Crippen LogP) is 5.77. The molecule has 3 aliphatic rings. The van der Waals surface area contributed by atoms with E-state index in [4.69, 9.17) is 4.74 Å². The molecule has 1 saturated heterocycles. The Kier molecular flexibility index (Phi) is 5.36. The van der Waals surface area contributed by atoms with E-state index in [1.807, 2.05) is 0 Å². The summed E-state index contributed by atoms with van der Waals surface area (Å²) in [5.41, 5.74) is 2.15. The van der Waals surface area contributed by atoms with Gasteiger partial charge in [-0.15, -0.1) is 0 Å². The molecule has 1 aromatic rings. The van der Waals surface area contributed by atoms with Crippen molar-refractivity contribution in [3.05, 3.63) is 29.8 Å². The van der Waals surface area contributed by atoms with E-state index in [-0.39, 0.29) is 0 Å². The lowest BCUT2D eigenvalue weighted by Gasteiger charge is -2.48. The van der Waals surface area contributed by atoms with Crippen molar-refractivity contribution in [1.29, 1.82) is 0 Å². The zero-order valence-electron chi connectivity index (χ0n) is 16.0. The van der Waals surface area contributed by atoms with E-state index in [0.717, 1.165) is 17.2 Å². The number of ether oxygens (including phenoxy) is 1. The summed E-state index contributed by atoms with van der Waals surface area (Å²) in [6, 6.07) is 9.51. The lowest BCUT2D eigenvalue weighted by Crippen LogP contribution is -2.46. The van der Waals surface area contributed by atoms with Crippen LogP contribution in [0.2, 0.25) is 0 Å². The molecule has 2 aliphatic carbocycles. The molecule has 2 nitrogen and oxygen atoms in total. The van der Waals surface area contributed by atoms with E-state index in [2.05, 4.69) is 29.2 Å². The lowest BCUT2D eigenvalue weighted by atomic mass is 9.64. The molecule has 3 fully saturated rings. The number of nitrogens with zero attached hydrogens (tertiary/aromatic N) is 1. The minimum absolute atomic E-state index is 0.680. The van der Waals surface area contributed by atoms with Gasteiger partial charge in [0.15, 0.2) is 0 Å². The Balaban J connectivity index is 1.37. The third-order valence-electron chi connectivity index (χ3n) is 7.45. The van der Waals surface area contributed by atoms with Crippen molar-refractivity contribution in [2.75, 3.05) is 20.2 Å². The van der Waals surface area contributed by atoms with Crippen molar-refractivity contribution in [2.45, 2.75) is 82.6 Å². The molecule has 138 valence electrons. The van der Waals surface area contributed by atoms with Gasteiger partial charge in [0.1, 0.15) is 5.75 Å². The van der Waals surface area contributed by atoms with E-state index in [1.165, 1.54) is 89.3 Å². The Hall–Kier alpha value is -1.02. The van der Waals surface area contributed by atoms with E-state index in [0.29, 0.717) is 5.92 Å². The van der Waals surface area contributed by atoms with Crippen molar-refractivity contribution in [3.63, 3.8) is 0 Å². The van der Waals surface area contributed by atoms with Crippen LogP contribution in [0.15, 0.2) is 24.3 Å². The van der Waals surface area contributed by atoms with Crippen LogP contribution in [0.25, 0.3) is 0 Å². The Morgan fingerprint density at radius 3 is 2.40 bits per heavy atom.